The number of carbonyl (C=O) groups excluding carboxylic acids is 2. The molecule has 0 aromatic carbocycles. The molecular weight excluding hydrogens is 284 g/mol. The lowest BCUT2D eigenvalue weighted by Gasteiger charge is -2.11. The highest BCUT2D eigenvalue weighted by Crippen LogP contribution is 2.13. The van der Waals surface area contributed by atoms with Crippen LogP contribution in [0.1, 0.15) is 30.8 Å². The Morgan fingerprint density at radius 3 is 2.68 bits per heavy atom. The van der Waals surface area contributed by atoms with Gasteiger partial charge < -0.3 is 10.6 Å². The number of aryl methyl sites for hydroxylation is 2. The Hall–Kier alpha value is -2.51. The second-order valence-electron chi connectivity index (χ2n) is 5.41. The van der Waals surface area contributed by atoms with Gasteiger partial charge in [-0.2, -0.15) is 10.1 Å². The summed E-state index contributed by atoms with van der Waals surface area (Å²) in [6.45, 7) is 7.39. The minimum absolute atomic E-state index is 0.0336. The van der Waals surface area contributed by atoms with E-state index in [-0.39, 0.29) is 30.8 Å². The summed E-state index contributed by atoms with van der Waals surface area (Å²) in [4.78, 5) is 31.9. The molecule has 2 aromatic heterocycles. The molecule has 0 aliphatic rings. The predicted octanol–water partition coefficient (Wildman–Crippen LogP) is -0.0756. The van der Waals surface area contributed by atoms with E-state index >= 15 is 0 Å². The van der Waals surface area contributed by atoms with Gasteiger partial charge in [0.05, 0.1) is 13.0 Å². The smallest absolute Gasteiger partial charge is 0.252 e. The van der Waals surface area contributed by atoms with E-state index in [2.05, 4.69) is 25.7 Å². The first kappa shape index (κ1) is 15.9. The number of aromatic nitrogens is 4. The van der Waals surface area contributed by atoms with Crippen LogP contribution in [0, 0.1) is 13.8 Å². The molecule has 0 spiro atoms. The van der Waals surface area contributed by atoms with Gasteiger partial charge in [-0.3, -0.25) is 9.59 Å². The molecule has 0 radical (unpaired) electrons. The molecule has 2 amide bonds. The number of hydrogen-bond donors (Lipinski definition) is 2. The molecule has 118 valence electrons. The summed E-state index contributed by atoms with van der Waals surface area (Å²) >= 11 is 0. The third-order valence-electron chi connectivity index (χ3n) is 3.22. The maximum Gasteiger partial charge on any atom is 0.252 e. The maximum absolute atomic E-state index is 12.0. The van der Waals surface area contributed by atoms with Gasteiger partial charge in [0.25, 0.3) is 5.78 Å². The standard InChI is InChI=1S/C14H20N6O2/c1-8(2)18-13(22)6-15-12(21)5-11-9(3)19-14-16-7-17-20(14)10(11)4/h7-8H,5-6H2,1-4H3,(H,15,21)(H,18,22). The van der Waals surface area contributed by atoms with E-state index in [0.29, 0.717) is 5.78 Å². The van der Waals surface area contributed by atoms with E-state index in [1.165, 1.54) is 6.33 Å². The Balaban J connectivity index is 2.04. The predicted molar refractivity (Wildman–Crippen MR) is 80.2 cm³/mol. The summed E-state index contributed by atoms with van der Waals surface area (Å²) in [6, 6.07) is 0.0489. The van der Waals surface area contributed by atoms with Crippen LogP contribution in [-0.4, -0.2) is 44.0 Å². The van der Waals surface area contributed by atoms with E-state index < -0.39 is 0 Å². The number of nitrogens with one attached hydrogen (secondary N) is 2. The maximum atomic E-state index is 12.0. The minimum atomic E-state index is -0.230. The molecule has 0 saturated carbocycles. The van der Waals surface area contributed by atoms with Crippen molar-refractivity contribution in [2.75, 3.05) is 6.54 Å². The number of carbonyl (C=O) groups is 2. The van der Waals surface area contributed by atoms with E-state index in [4.69, 9.17) is 0 Å². The van der Waals surface area contributed by atoms with Crippen molar-refractivity contribution >= 4 is 17.6 Å². The molecular formula is C14H20N6O2. The van der Waals surface area contributed by atoms with Crippen LogP contribution >= 0.6 is 0 Å². The summed E-state index contributed by atoms with van der Waals surface area (Å²) in [5.74, 6) is 0.0727. The van der Waals surface area contributed by atoms with Gasteiger partial charge in [-0.15, -0.1) is 0 Å². The van der Waals surface area contributed by atoms with Gasteiger partial charge >= 0.3 is 0 Å². The fourth-order valence-corrected chi connectivity index (χ4v) is 2.19. The van der Waals surface area contributed by atoms with Crippen LogP contribution in [0.3, 0.4) is 0 Å². The van der Waals surface area contributed by atoms with Gasteiger partial charge in [0.2, 0.25) is 11.8 Å². The van der Waals surface area contributed by atoms with Gasteiger partial charge in [0.1, 0.15) is 6.33 Å². The summed E-state index contributed by atoms with van der Waals surface area (Å²) in [5, 5.41) is 9.41. The molecule has 0 aliphatic heterocycles. The average Bonchev–Trinajstić information content (AvgIpc) is 2.88. The number of amides is 2. The van der Waals surface area contributed by atoms with Gasteiger partial charge in [-0.05, 0) is 27.7 Å². The lowest BCUT2D eigenvalue weighted by atomic mass is 10.1. The van der Waals surface area contributed by atoms with Crippen molar-refractivity contribution in [1.29, 1.82) is 0 Å². The van der Waals surface area contributed by atoms with E-state index in [1.54, 1.807) is 4.52 Å². The van der Waals surface area contributed by atoms with E-state index in [0.717, 1.165) is 17.0 Å². The zero-order valence-electron chi connectivity index (χ0n) is 13.2. The molecule has 2 aromatic rings. The molecule has 2 heterocycles. The van der Waals surface area contributed by atoms with Crippen LogP contribution in [-0.2, 0) is 16.0 Å². The second kappa shape index (κ2) is 6.50. The summed E-state index contributed by atoms with van der Waals surface area (Å²) in [6.07, 6.45) is 1.57. The minimum Gasteiger partial charge on any atom is -0.352 e. The summed E-state index contributed by atoms with van der Waals surface area (Å²) in [7, 11) is 0. The topological polar surface area (TPSA) is 101 Å². The Labute approximate surface area is 128 Å². The Morgan fingerprint density at radius 2 is 2.00 bits per heavy atom. The van der Waals surface area contributed by atoms with Crippen molar-refractivity contribution in [3.8, 4) is 0 Å². The van der Waals surface area contributed by atoms with Gasteiger partial charge in [0, 0.05) is 23.0 Å². The molecule has 0 bridgehead atoms. The van der Waals surface area contributed by atoms with Crippen LogP contribution in [0.5, 0.6) is 0 Å². The largest absolute Gasteiger partial charge is 0.352 e. The van der Waals surface area contributed by atoms with Crippen LogP contribution in [0.2, 0.25) is 0 Å². The second-order valence-corrected chi connectivity index (χ2v) is 5.41. The highest BCUT2D eigenvalue weighted by molar-refractivity contribution is 5.86. The van der Waals surface area contributed by atoms with Crippen molar-refractivity contribution in [3.63, 3.8) is 0 Å². The zero-order chi connectivity index (χ0) is 16.3. The van der Waals surface area contributed by atoms with Crippen molar-refractivity contribution in [2.24, 2.45) is 0 Å². The molecule has 2 N–H and O–H groups in total. The molecule has 0 aliphatic carbocycles. The SMILES string of the molecule is Cc1nc2ncnn2c(C)c1CC(=O)NCC(=O)NC(C)C. The van der Waals surface area contributed by atoms with Crippen molar-refractivity contribution in [3.05, 3.63) is 23.3 Å². The Bertz CT molecular complexity index is 707. The molecule has 8 heteroatoms. The van der Waals surface area contributed by atoms with Gasteiger partial charge in [-0.1, -0.05) is 0 Å². The first-order valence-corrected chi connectivity index (χ1v) is 7.10. The van der Waals surface area contributed by atoms with Crippen molar-refractivity contribution in [1.82, 2.24) is 30.2 Å². The van der Waals surface area contributed by atoms with Crippen LogP contribution in [0.15, 0.2) is 6.33 Å². The monoisotopic (exact) mass is 304 g/mol. The molecule has 0 saturated heterocycles. The van der Waals surface area contributed by atoms with E-state index in [9.17, 15) is 9.59 Å². The van der Waals surface area contributed by atoms with Crippen LogP contribution < -0.4 is 10.6 Å². The first-order valence-electron chi connectivity index (χ1n) is 7.10. The lowest BCUT2D eigenvalue weighted by Crippen LogP contribution is -2.40. The Kier molecular flexibility index (Phi) is 4.69. The van der Waals surface area contributed by atoms with Crippen LogP contribution in [0.25, 0.3) is 5.78 Å². The average molecular weight is 304 g/mol. The summed E-state index contributed by atoms with van der Waals surface area (Å²) in [5.41, 5.74) is 2.35. The number of nitrogens with zero attached hydrogens (tertiary/aromatic N) is 4. The molecule has 0 fully saturated rings. The number of hydrogen-bond acceptors (Lipinski definition) is 5. The Morgan fingerprint density at radius 1 is 1.27 bits per heavy atom. The molecule has 22 heavy (non-hydrogen) atoms. The number of fused-ring (bicyclic) bond motifs is 1. The highest BCUT2D eigenvalue weighted by atomic mass is 16.2. The fourth-order valence-electron chi connectivity index (χ4n) is 2.19. The molecule has 8 nitrogen and oxygen atoms in total. The molecule has 0 atom stereocenters. The fraction of sp³-hybridized carbons (Fsp3) is 0.500. The quantitative estimate of drug-likeness (QED) is 0.805. The van der Waals surface area contributed by atoms with Crippen molar-refractivity contribution < 1.29 is 9.59 Å². The van der Waals surface area contributed by atoms with Crippen LogP contribution in [0.4, 0.5) is 0 Å². The third kappa shape index (κ3) is 3.57. The van der Waals surface area contributed by atoms with Gasteiger partial charge in [0.15, 0.2) is 0 Å². The van der Waals surface area contributed by atoms with Crippen molar-refractivity contribution in [2.45, 2.75) is 40.2 Å². The number of rotatable bonds is 5. The third-order valence-corrected chi connectivity index (χ3v) is 3.22. The summed E-state index contributed by atoms with van der Waals surface area (Å²) < 4.78 is 1.60. The molecule has 2 rings (SSSR count). The normalized spacial score (nSPS) is 11.0. The zero-order valence-corrected chi connectivity index (χ0v) is 13.2. The molecule has 0 unspecified atom stereocenters. The van der Waals surface area contributed by atoms with E-state index in [1.807, 2.05) is 27.7 Å². The van der Waals surface area contributed by atoms with Gasteiger partial charge in [-0.25, -0.2) is 9.50 Å². The lowest BCUT2D eigenvalue weighted by molar-refractivity contribution is -0.126. The highest BCUT2D eigenvalue weighted by Gasteiger charge is 2.15. The first-order chi connectivity index (χ1) is 10.4.